The monoisotopic (exact) mass is 364 g/mol. The maximum absolute atomic E-state index is 12.3. The van der Waals surface area contributed by atoms with Crippen LogP contribution in [0.25, 0.3) is 10.8 Å². The Balaban J connectivity index is 1.56. The third kappa shape index (κ3) is 2.25. The second-order valence-electron chi connectivity index (χ2n) is 6.14. The van der Waals surface area contributed by atoms with Crippen LogP contribution in [0.5, 0.6) is 0 Å². The van der Waals surface area contributed by atoms with Crippen molar-refractivity contribution in [2.75, 3.05) is 5.32 Å². The second-order valence-corrected chi connectivity index (χ2v) is 7.41. The first-order valence-corrected chi connectivity index (χ1v) is 8.30. The van der Waals surface area contributed by atoms with E-state index in [0.29, 0.717) is 16.3 Å². The molecule has 4 rings (SSSR count). The molecule has 3 nitrogen and oxygen atoms in total. The number of amides is 1. The van der Waals surface area contributed by atoms with Crippen LogP contribution < -0.4 is 5.32 Å². The molecule has 1 amide bonds. The Morgan fingerprint density at radius 2 is 2.14 bits per heavy atom. The van der Waals surface area contributed by atoms with E-state index in [1.54, 1.807) is 6.20 Å². The van der Waals surface area contributed by atoms with Crippen LogP contribution in [0.2, 0.25) is 5.02 Å². The minimum atomic E-state index is 0.120. The van der Waals surface area contributed by atoms with Gasteiger partial charge in [0, 0.05) is 22.0 Å². The highest BCUT2D eigenvalue weighted by atomic mass is 79.9. The Morgan fingerprint density at radius 3 is 2.81 bits per heavy atom. The Kier molecular flexibility index (Phi) is 3.02. The number of nitrogens with one attached hydrogen (secondary N) is 1. The summed E-state index contributed by atoms with van der Waals surface area (Å²) in [7, 11) is 0. The van der Waals surface area contributed by atoms with Crippen molar-refractivity contribution >= 4 is 50.0 Å². The first-order chi connectivity index (χ1) is 10.1. The Bertz CT molecular complexity index is 757. The molecule has 2 aliphatic carbocycles. The van der Waals surface area contributed by atoms with Gasteiger partial charge in [-0.25, -0.2) is 4.98 Å². The number of hydrogen-bond acceptors (Lipinski definition) is 2. The van der Waals surface area contributed by atoms with E-state index >= 15 is 0 Å². The zero-order valence-corrected chi connectivity index (χ0v) is 13.7. The van der Waals surface area contributed by atoms with Crippen LogP contribution in [-0.2, 0) is 4.79 Å². The van der Waals surface area contributed by atoms with Crippen LogP contribution in [0.15, 0.2) is 28.9 Å². The molecule has 1 spiro atoms. The lowest BCUT2D eigenvalue weighted by atomic mass is 9.80. The van der Waals surface area contributed by atoms with Gasteiger partial charge in [-0.3, -0.25) is 4.79 Å². The summed E-state index contributed by atoms with van der Waals surface area (Å²) in [6.07, 6.45) is 6.49. The third-order valence-electron chi connectivity index (χ3n) is 4.87. The maximum Gasteiger partial charge on any atom is 0.229 e. The molecule has 0 aliphatic heterocycles. The molecule has 0 saturated heterocycles. The minimum absolute atomic E-state index is 0.120. The van der Waals surface area contributed by atoms with Gasteiger partial charge in [-0.2, -0.15) is 0 Å². The molecule has 0 bridgehead atoms. The molecule has 1 aromatic heterocycles. The van der Waals surface area contributed by atoms with Crippen molar-refractivity contribution in [1.29, 1.82) is 0 Å². The molecular formula is C16H14BrClN2O. The van der Waals surface area contributed by atoms with E-state index < -0.39 is 0 Å². The summed E-state index contributed by atoms with van der Waals surface area (Å²) in [5.74, 6) is 0.929. The van der Waals surface area contributed by atoms with E-state index in [2.05, 4.69) is 26.2 Å². The van der Waals surface area contributed by atoms with E-state index in [4.69, 9.17) is 11.6 Å². The number of hydrogen-bond donors (Lipinski definition) is 1. The smallest absolute Gasteiger partial charge is 0.229 e. The van der Waals surface area contributed by atoms with E-state index in [9.17, 15) is 4.79 Å². The molecule has 2 aromatic rings. The lowest BCUT2D eigenvalue weighted by molar-refractivity contribution is -0.118. The molecule has 5 heteroatoms. The van der Waals surface area contributed by atoms with Gasteiger partial charge in [0.1, 0.15) is 5.82 Å². The van der Waals surface area contributed by atoms with Crippen LogP contribution in [-0.4, -0.2) is 10.9 Å². The van der Waals surface area contributed by atoms with Crippen molar-refractivity contribution in [3.8, 4) is 0 Å². The molecule has 1 heterocycles. The predicted molar refractivity (Wildman–Crippen MR) is 87.5 cm³/mol. The zero-order valence-electron chi connectivity index (χ0n) is 11.3. The van der Waals surface area contributed by atoms with Crippen LogP contribution >= 0.6 is 27.5 Å². The van der Waals surface area contributed by atoms with Crippen LogP contribution in [0.4, 0.5) is 5.82 Å². The summed E-state index contributed by atoms with van der Waals surface area (Å²) in [6, 6.07) is 5.70. The van der Waals surface area contributed by atoms with E-state index in [0.717, 1.165) is 21.7 Å². The summed E-state index contributed by atoms with van der Waals surface area (Å²) in [4.78, 5) is 16.6. The van der Waals surface area contributed by atoms with Crippen LogP contribution in [0.1, 0.15) is 25.7 Å². The molecule has 1 aromatic carbocycles. The number of benzene rings is 1. The number of anilines is 1. The molecule has 21 heavy (non-hydrogen) atoms. The van der Waals surface area contributed by atoms with Crippen molar-refractivity contribution < 1.29 is 4.79 Å². The van der Waals surface area contributed by atoms with Crippen molar-refractivity contribution in [1.82, 2.24) is 4.98 Å². The highest BCUT2D eigenvalue weighted by Crippen LogP contribution is 2.65. The number of carbonyl (C=O) groups is 1. The van der Waals surface area contributed by atoms with Gasteiger partial charge in [0.25, 0.3) is 0 Å². The van der Waals surface area contributed by atoms with E-state index in [1.807, 2.05) is 18.2 Å². The minimum Gasteiger partial charge on any atom is -0.310 e. The Morgan fingerprint density at radius 1 is 1.33 bits per heavy atom. The van der Waals surface area contributed by atoms with Gasteiger partial charge in [-0.1, -0.05) is 18.0 Å². The lowest BCUT2D eigenvalue weighted by Gasteiger charge is -2.26. The average Bonchev–Trinajstić information content (AvgIpc) is 3.16. The van der Waals surface area contributed by atoms with Crippen LogP contribution in [0, 0.1) is 11.3 Å². The quantitative estimate of drug-likeness (QED) is 0.832. The summed E-state index contributed by atoms with van der Waals surface area (Å²) in [5.41, 5.74) is 0.345. The molecule has 1 unspecified atom stereocenters. The number of halogens is 2. The third-order valence-corrected chi connectivity index (χ3v) is 6.06. The van der Waals surface area contributed by atoms with Crippen LogP contribution in [0.3, 0.4) is 0 Å². The summed E-state index contributed by atoms with van der Waals surface area (Å²) < 4.78 is 0.843. The number of aromatic nitrogens is 1. The topological polar surface area (TPSA) is 42.0 Å². The standard InChI is InChI=1S/C16H14BrClN2O/c17-12-4-9-6-14(19-8-10(9)5-13(12)18)20-15(21)11-7-16(11)2-1-3-16/h4-6,8,11H,1-3,7H2,(H,19,20,21). The fourth-order valence-electron chi connectivity index (χ4n) is 3.32. The normalized spacial score (nSPS) is 22.1. The molecular weight excluding hydrogens is 352 g/mol. The summed E-state index contributed by atoms with van der Waals surface area (Å²) in [5, 5.41) is 5.58. The molecule has 108 valence electrons. The molecule has 2 aliphatic rings. The number of carbonyl (C=O) groups excluding carboxylic acids is 1. The van der Waals surface area contributed by atoms with E-state index in [1.165, 1.54) is 19.3 Å². The zero-order chi connectivity index (χ0) is 14.6. The average molecular weight is 366 g/mol. The second kappa shape index (κ2) is 4.68. The van der Waals surface area contributed by atoms with Gasteiger partial charge in [0.05, 0.1) is 5.02 Å². The first kappa shape index (κ1) is 13.5. The summed E-state index contributed by atoms with van der Waals surface area (Å²) in [6.45, 7) is 0. The number of rotatable bonds is 2. The van der Waals surface area contributed by atoms with Gasteiger partial charge in [-0.15, -0.1) is 0 Å². The molecule has 1 atom stereocenters. The fraction of sp³-hybridized carbons (Fsp3) is 0.375. The van der Waals surface area contributed by atoms with Gasteiger partial charge >= 0.3 is 0 Å². The predicted octanol–water partition coefficient (Wildman–Crippen LogP) is 4.78. The SMILES string of the molecule is O=C(Nc1cc2cc(Br)c(Cl)cc2cn1)C1CC12CCC2. The molecule has 2 fully saturated rings. The van der Waals surface area contributed by atoms with Crippen molar-refractivity contribution in [3.05, 3.63) is 33.9 Å². The molecule has 2 saturated carbocycles. The highest BCUT2D eigenvalue weighted by molar-refractivity contribution is 9.10. The Hall–Kier alpha value is -1.13. The first-order valence-electron chi connectivity index (χ1n) is 7.13. The largest absolute Gasteiger partial charge is 0.310 e. The molecule has 0 radical (unpaired) electrons. The van der Waals surface area contributed by atoms with Crippen molar-refractivity contribution in [2.45, 2.75) is 25.7 Å². The number of nitrogens with zero attached hydrogens (tertiary/aromatic N) is 1. The van der Waals surface area contributed by atoms with Crippen molar-refractivity contribution in [2.24, 2.45) is 11.3 Å². The number of fused-ring (bicyclic) bond motifs is 1. The highest BCUT2D eigenvalue weighted by Gasteiger charge is 2.60. The number of pyridine rings is 1. The molecule has 1 N–H and O–H groups in total. The van der Waals surface area contributed by atoms with Gasteiger partial charge < -0.3 is 5.32 Å². The van der Waals surface area contributed by atoms with Crippen molar-refractivity contribution in [3.63, 3.8) is 0 Å². The van der Waals surface area contributed by atoms with Gasteiger partial charge in [0.2, 0.25) is 5.91 Å². The summed E-state index contributed by atoms with van der Waals surface area (Å²) >= 11 is 9.49. The van der Waals surface area contributed by atoms with Gasteiger partial charge in [0.15, 0.2) is 0 Å². The Labute approximate surface area is 136 Å². The van der Waals surface area contributed by atoms with E-state index in [-0.39, 0.29) is 11.8 Å². The lowest BCUT2D eigenvalue weighted by Crippen LogP contribution is -2.23. The van der Waals surface area contributed by atoms with Gasteiger partial charge in [-0.05, 0) is 64.2 Å². The fourth-order valence-corrected chi connectivity index (χ4v) is 3.85. The maximum atomic E-state index is 12.3.